The van der Waals surface area contributed by atoms with Crippen LogP contribution in [-0.2, 0) is 0 Å². The average molecular weight is 439 g/mol. The van der Waals surface area contributed by atoms with Crippen molar-refractivity contribution in [3.05, 3.63) is 70.8 Å². The van der Waals surface area contributed by atoms with Crippen LogP contribution in [0.2, 0.25) is 0 Å². The van der Waals surface area contributed by atoms with Crippen molar-refractivity contribution in [2.24, 2.45) is 0 Å². The van der Waals surface area contributed by atoms with Crippen molar-refractivity contribution in [2.75, 3.05) is 28.4 Å². The Morgan fingerprint density at radius 2 is 1.00 bits per heavy atom. The van der Waals surface area contributed by atoms with E-state index in [1.165, 1.54) is 46.1 Å². The van der Waals surface area contributed by atoms with E-state index in [1.54, 1.807) is 12.1 Å². The zero-order valence-corrected chi connectivity index (χ0v) is 19.3. The van der Waals surface area contributed by atoms with Crippen LogP contribution in [0.5, 0.6) is 34.5 Å². The monoisotopic (exact) mass is 438 g/mol. The van der Waals surface area contributed by atoms with Crippen LogP contribution in [0.25, 0.3) is 0 Å². The minimum atomic E-state index is -0.585. The molecule has 0 radical (unpaired) electrons. The average Bonchev–Trinajstić information content (AvgIpc) is 2.80. The lowest BCUT2D eigenvalue weighted by atomic mass is 9.82. The topological polar surface area (TPSA) is 77.4 Å². The van der Waals surface area contributed by atoms with Crippen molar-refractivity contribution >= 4 is 0 Å². The van der Waals surface area contributed by atoms with E-state index in [0.717, 1.165) is 5.56 Å². The molecular weight excluding hydrogens is 408 g/mol. The molecule has 32 heavy (non-hydrogen) atoms. The Hall–Kier alpha value is -3.54. The molecule has 6 heteroatoms. The van der Waals surface area contributed by atoms with Gasteiger partial charge in [-0.3, -0.25) is 0 Å². The van der Waals surface area contributed by atoms with Crippen molar-refractivity contribution in [2.45, 2.75) is 25.7 Å². The fourth-order valence-corrected chi connectivity index (χ4v) is 3.88. The molecule has 0 bridgehead atoms. The number of phenolic OH excluding ortho intramolecular Hbond substituents is 2. The van der Waals surface area contributed by atoms with Gasteiger partial charge >= 0.3 is 0 Å². The van der Waals surface area contributed by atoms with Gasteiger partial charge in [-0.1, -0.05) is 38.1 Å². The van der Waals surface area contributed by atoms with E-state index in [0.29, 0.717) is 40.0 Å². The molecule has 0 aromatic heterocycles. The van der Waals surface area contributed by atoms with Gasteiger partial charge in [-0.15, -0.1) is 0 Å². The molecule has 0 aliphatic rings. The van der Waals surface area contributed by atoms with Crippen LogP contribution in [0.15, 0.2) is 48.5 Å². The molecule has 0 saturated carbocycles. The van der Waals surface area contributed by atoms with Gasteiger partial charge in [0.2, 0.25) is 0 Å². The Morgan fingerprint density at radius 1 is 0.594 bits per heavy atom. The fraction of sp³-hybridized carbons (Fsp3) is 0.308. The lowest BCUT2D eigenvalue weighted by molar-refractivity contribution is 0.371. The molecule has 170 valence electrons. The number of hydrogen-bond acceptors (Lipinski definition) is 6. The van der Waals surface area contributed by atoms with E-state index in [-0.39, 0.29) is 11.5 Å². The largest absolute Gasteiger partial charge is 0.507 e. The predicted octanol–water partition coefficient (Wildman–Crippen LogP) is 5.44. The molecule has 0 saturated heterocycles. The van der Waals surface area contributed by atoms with Crippen molar-refractivity contribution < 1.29 is 29.2 Å². The summed E-state index contributed by atoms with van der Waals surface area (Å²) < 4.78 is 21.8. The summed E-state index contributed by atoms with van der Waals surface area (Å²) in [4.78, 5) is 0. The zero-order valence-electron chi connectivity index (χ0n) is 19.3. The third-order valence-electron chi connectivity index (χ3n) is 5.61. The maximum atomic E-state index is 11.0. The summed E-state index contributed by atoms with van der Waals surface area (Å²) in [5.41, 5.74) is 3.02. The Balaban J connectivity index is 2.35. The second kappa shape index (κ2) is 9.73. The van der Waals surface area contributed by atoms with Crippen LogP contribution in [0.1, 0.15) is 47.9 Å². The van der Waals surface area contributed by atoms with Gasteiger partial charge in [-0.25, -0.2) is 0 Å². The molecule has 2 N–H and O–H groups in total. The molecule has 6 nitrogen and oxygen atoms in total. The summed E-state index contributed by atoms with van der Waals surface area (Å²) in [7, 11) is 6.10. The summed E-state index contributed by atoms with van der Waals surface area (Å²) >= 11 is 0. The number of methoxy groups -OCH3 is 4. The fourth-order valence-electron chi connectivity index (χ4n) is 3.88. The summed E-state index contributed by atoms with van der Waals surface area (Å²) in [5, 5.41) is 22.0. The molecule has 3 aromatic rings. The normalized spacial score (nSPS) is 11.0. The number of rotatable bonds is 8. The molecule has 0 amide bonds. The number of ether oxygens (including phenoxy) is 4. The molecular formula is C26H30O6. The molecule has 0 fully saturated rings. The van der Waals surface area contributed by atoms with Gasteiger partial charge in [0.05, 0.1) is 28.4 Å². The lowest BCUT2D eigenvalue weighted by Crippen LogP contribution is -2.09. The van der Waals surface area contributed by atoms with Gasteiger partial charge < -0.3 is 29.2 Å². The van der Waals surface area contributed by atoms with Gasteiger partial charge in [-0.05, 0) is 17.0 Å². The molecule has 0 spiro atoms. The van der Waals surface area contributed by atoms with E-state index in [2.05, 4.69) is 13.8 Å². The minimum Gasteiger partial charge on any atom is -0.507 e. The third-order valence-corrected chi connectivity index (χ3v) is 5.61. The van der Waals surface area contributed by atoms with Crippen molar-refractivity contribution in [1.82, 2.24) is 0 Å². The first-order valence-electron chi connectivity index (χ1n) is 10.3. The van der Waals surface area contributed by atoms with Gasteiger partial charge in [0, 0.05) is 41.3 Å². The maximum Gasteiger partial charge on any atom is 0.130 e. The van der Waals surface area contributed by atoms with Crippen LogP contribution in [0.3, 0.4) is 0 Å². The molecule has 0 atom stereocenters. The van der Waals surface area contributed by atoms with E-state index in [9.17, 15) is 10.2 Å². The minimum absolute atomic E-state index is 0.0172. The first-order chi connectivity index (χ1) is 15.3. The second-order valence-corrected chi connectivity index (χ2v) is 7.78. The number of benzene rings is 3. The van der Waals surface area contributed by atoms with Crippen LogP contribution in [-0.4, -0.2) is 38.7 Å². The standard InChI is InChI=1S/C26H30O6/c1-15(2)16-7-9-17(10-8-16)24(25-20(27)11-18(29-3)13-22(25)31-5)26-21(28)12-19(30-4)14-23(26)32-6/h7-15,24,27-28H,1-6H3. The Kier molecular flexibility index (Phi) is 7.03. The van der Waals surface area contributed by atoms with Crippen LogP contribution in [0, 0.1) is 0 Å². The molecule has 3 aromatic carbocycles. The highest BCUT2D eigenvalue weighted by Crippen LogP contribution is 2.50. The molecule has 0 unspecified atom stereocenters. The summed E-state index contributed by atoms with van der Waals surface area (Å²) in [6, 6.07) is 14.6. The second-order valence-electron chi connectivity index (χ2n) is 7.78. The van der Waals surface area contributed by atoms with Gasteiger partial charge in [-0.2, -0.15) is 0 Å². The Labute approximate surface area is 189 Å². The highest BCUT2D eigenvalue weighted by atomic mass is 16.5. The van der Waals surface area contributed by atoms with Gasteiger partial charge in [0.25, 0.3) is 0 Å². The number of aromatic hydroxyl groups is 2. The van der Waals surface area contributed by atoms with E-state index >= 15 is 0 Å². The molecule has 3 rings (SSSR count). The molecule has 0 heterocycles. The van der Waals surface area contributed by atoms with Crippen LogP contribution in [0.4, 0.5) is 0 Å². The van der Waals surface area contributed by atoms with Gasteiger partial charge in [0.15, 0.2) is 0 Å². The van der Waals surface area contributed by atoms with Gasteiger partial charge in [0.1, 0.15) is 34.5 Å². The highest BCUT2D eigenvalue weighted by molar-refractivity contribution is 5.64. The maximum absolute atomic E-state index is 11.0. The number of phenols is 2. The van der Waals surface area contributed by atoms with Crippen LogP contribution < -0.4 is 18.9 Å². The SMILES string of the molecule is COc1cc(O)c(C(c2ccc(C(C)C)cc2)c2c(O)cc(OC)cc2OC)c(OC)c1. The lowest BCUT2D eigenvalue weighted by Gasteiger charge is -2.25. The smallest absolute Gasteiger partial charge is 0.130 e. The first kappa shape index (κ1) is 23.1. The quantitative estimate of drug-likeness (QED) is 0.456. The molecule has 0 aliphatic heterocycles. The molecule has 0 aliphatic carbocycles. The summed E-state index contributed by atoms with van der Waals surface area (Å²) in [5.74, 6) is 1.53. The highest BCUT2D eigenvalue weighted by Gasteiger charge is 2.30. The van der Waals surface area contributed by atoms with Crippen molar-refractivity contribution in [3.63, 3.8) is 0 Å². The predicted molar refractivity (Wildman–Crippen MR) is 124 cm³/mol. The van der Waals surface area contributed by atoms with Crippen molar-refractivity contribution in [3.8, 4) is 34.5 Å². The Bertz CT molecular complexity index is 1010. The summed E-state index contributed by atoms with van der Waals surface area (Å²) in [6.45, 7) is 4.26. The first-order valence-corrected chi connectivity index (χ1v) is 10.3. The van der Waals surface area contributed by atoms with E-state index < -0.39 is 5.92 Å². The zero-order chi connectivity index (χ0) is 23.4. The summed E-state index contributed by atoms with van der Waals surface area (Å²) in [6.07, 6.45) is 0. The van der Waals surface area contributed by atoms with Crippen molar-refractivity contribution in [1.29, 1.82) is 0 Å². The number of hydrogen-bond donors (Lipinski definition) is 2. The van der Waals surface area contributed by atoms with E-state index in [1.807, 2.05) is 24.3 Å². The van der Waals surface area contributed by atoms with E-state index in [4.69, 9.17) is 18.9 Å². The van der Waals surface area contributed by atoms with Crippen LogP contribution >= 0.6 is 0 Å². The third kappa shape index (κ3) is 4.40. The Morgan fingerprint density at radius 3 is 1.34 bits per heavy atom.